The minimum atomic E-state index is -0.281. The Morgan fingerprint density at radius 2 is 2.23 bits per heavy atom. The smallest absolute Gasteiger partial charge is 0.123 e. The Balaban J connectivity index is 3.05. The monoisotopic (exact) mass is 176 g/mol. The van der Waals surface area contributed by atoms with Crippen molar-refractivity contribution < 1.29 is 4.74 Å². The maximum Gasteiger partial charge on any atom is 0.123 e. The summed E-state index contributed by atoms with van der Waals surface area (Å²) in [6.07, 6.45) is 0. The van der Waals surface area contributed by atoms with Crippen molar-refractivity contribution in [3.8, 4) is 11.8 Å². The van der Waals surface area contributed by atoms with E-state index >= 15 is 0 Å². The van der Waals surface area contributed by atoms with E-state index in [1.54, 1.807) is 7.11 Å². The molecule has 0 saturated heterocycles. The second kappa shape index (κ2) is 4.48. The lowest BCUT2D eigenvalue weighted by Gasteiger charge is -2.10. The van der Waals surface area contributed by atoms with Gasteiger partial charge >= 0.3 is 0 Å². The van der Waals surface area contributed by atoms with E-state index in [0.29, 0.717) is 6.54 Å². The van der Waals surface area contributed by atoms with Gasteiger partial charge in [0.05, 0.1) is 19.1 Å². The summed E-state index contributed by atoms with van der Waals surface area (Å²) in [5, 5.41) is 8.81. The van der Waals surface area contributed by atoms with Crippen molar-refractivity contribution in [3.63, 3.8) is 0 Å². The van der Waals surface area contributed by atoms with E-state index in [9.17, 15) is 0 Å². The number of rotatable bonds is 3. The highest BCUT2D eigenvalue weighted by Gasteiger charge is 2.12. The minimum Gasteiger partial charge on any atom is -0.496 e. The predicted octanol–water partition coefficient (Wildman–Crippen LogP) is 1.26. The molecule has 0 fully saturated rings. The first-order valence-electron chi connectivity index (χ1n) is 4.06. The summed E-state index contributed by atoms with van der Waals surface area (Å²) < 4.78 is 5.12. The summed E-state index contributed by atoms with van der Waals surface area (Å²) in [7, 11) is 1.59. The minimum absolute atomic E-state index is 0.281. The van der Waals surface area contributed by atoms with Gasteiger partial charge in [-0.25, -0.2) is 0 Å². The van der Waals surface area contributed by atoms with Crippen LogP contribution in [-0.4, -0.2) is 13.7 Å². The van der Waals surface area contributed by atoms with Gasteiger partial charge in [0.15, 0.2) is 0 Å². The molecular weight excluding hydrogens is 164 g/mol. The molecule has 68 valence electrons. The zero-order valence-corrected chi connectivity index (χ0v) is 7.53. The van der Waals surface area contributed by atoms with Crippen LogP contribution in [0.1, 0.15) is 11.5 Å². The molecule has 0 saturated carbocycles. The Morgan fingerprint density at radius 3 is 2.77 bits per heavy atom. The second-order valence-corrected chi connectivity index (χ2v) is 2.66. The van der Waals surface area contributed by atoms with E-state index in [0.717, 1.165) is 11.3 Å². The Labute approximate surface area is 77.7 Å². The van der Waals surface area contributed by atoms with Gasteiger partial charge in [-0.3, -0.25) is 0 Å². The number of benzene rings is 1. The van der Waals surface area contributed by atoms with Crippen molar-refractivity contribution in [3.05, 3.63) is 29.8 Å². The van der Waals surface area contributed by atoms with Crippen LogP contribution >= 0.6 is 0 Å². The molecule has 1 rings (SSSR count). The molecule has 13 heavy (non-hydrogen) atoms. The van der Waals surface area contributed by atoms with Crippen molar-refractivity contribution in [1.29, 1.82) is 5.26 Å². The molecule has 0 heterocycles. The largest absolute Gasteiger partial charge is 0.496 e. The number of nitrogens with two attached hydrogens (primary N) is 1. The molecular formula is C10H12N2O. The fourth-order valence-corrected chi connectivity index (χ4v) is 1.20. The maximum atomic E-state index is 8.81. The molecule has 2 N–H and O–H groups in total. The quantitative estimate of drug-likeness (QED) is 0.754. The van der Waals surface area contributed by atoms with Crippen LogP contribution in [0.4, 0.5) is 0 Å². The second-order valence-electron chi connectivity index (χ2n) is 2.66. The summed E-state index contributed by atoms with van der Waals surface area (Å²) in [6.45, 7) is 0.316. The van der Waals surface area contributed by atoms with Gasteiger partial charge in [0, 0.05) is 12.1 Å². The predicted molar refractivity (Wildman–Crippen MR) is 50.4 cm³/mol. The molecule has 3 nitrogen and oxygen atoms in total. The van der Waals surface area contributed by atoms with Gasteiger partial charge < -0.3 is 10.5 Å². The normalized spacial score (nSPS) is 11.8. The molecule has 0 radical (unpaired) electrons. The van der Waals surface area contributed by atoms with E-state index in [1.165, 1.54) is 0 Å². The molecule has 3 heteroatoms. The Bertz CT molecular complexity index is 317. The number of hydrogen-bond donors (Lipinski definition) is 1. The van der Waals surface area contributed by atoms with E-state index < -0.39 is 0 Å². The van der Waals surface area contributed by atoms with Crippen molar-refractivity contribution in [2.45, 2.75) is 5.92 Å². The summed E-state index contributed by atoms with van der Waals surface area (Å²) in [5.74, 6) is 0.440. The zero-order valence-electron chi connectivity index (χ0n) is 7.53. The average Bonchev–Trinajstić information content (AvgIpc) is 2.20. The fourth-order valence-electron chi connectivity index (χ4n) is 1.20. The van der Waals surface area contributed by atoms with Gasteiger partial charge in [0.25, 0.3) is 0 Å². The van der Waals surface area contributed by atoms with E-state index in [-0.39, 0.29) is 5.92 Å². The highest BCUT2D eigenvalue weighted by Crippen LogP contribution is 2.24. The Hall–Kier alpha value is -1.53. The van der Waals surface area contributed by atoms with Crippen molar-refractivity contribution in [1.82, 2.24) is 0 Å². The topological polar surface area (TPSA) is 59.0 Å². The zero-order chi connectivity index (χ0) is 9.68. The lowest BCUT2D eigenvalue weighted by atomic mass is 10.00. The molecule has 0 aliphatic carbocycles. The van der Waals surface area contributed by atoms with Crippen molar-refractivity contribution in [2.24, 2.45) is 5.73 Å². The number of nitriles is 1. The third-order valence-corrected chi connectivity index (χ3v) is 1.91. The highest BCUT2D eigenvalue weighted by atomic mass is 16.5. The molecule has 0 spiro atoms. The number of hydrogen-bond acceptors (Lipinski definition) is 3. The molecule has 1 aromatic carbocycles. The molecule has 1 atom stereocenters. The van der Waals surface area contributed by atoms with Crippen LogP contribution in [0, 0.1) is 11.3 Å². The number of methoxy groups -OCH3 is 1. The average molecular weight is 176 g/mol. The SMILES string of the molecule is COc1ccccc1C(C#N)CN. The van der Waals surface area contributed by atoms with Gasteiger partial charge in [-0.05, 0) is 6.07 Å². The van der Waals surface area contributed by atoms with Crippen LogP contribution in [-0.2, 0) is 0 Å². The van der Waals surface area contributed by atoms with Crippen molar-refractivity contribution >= 4 is 0 Å². The third-order valence-electron chi connectivity index (χ3n) is 1.91. The Kier molecular flexibility index (Phi) is 3.30. The van der Waals surface area contributed by atoms with Crippen LogP contribution in [0.2, 0.25) is 0 Å². The third kappa shape index (κ3) is 1.98. The van der Waals surface area contributed by atoms with Gasteiger partial charge in [0.1, 0.15) is 5.75 Å². The number of ether oxygens (including phenoxy) is 1. The molecule has 1 unspecified atom stereocenters. The van der Waals surface area contributed by atoms with Gasteiger partial charge in [0.2, 0.25) is 0 Å². The first-order valence-corrected chi connectivity index (χ1v) is 4.06. The van der Waals surface area contributed by atoms with Crippen LogP contribution < -0.4 is 10.5 Å². The van der Waals surface area contributed by atoms with Crippen molar-refractivity contribution in [2.75, 3.05) is 13.7 Å². The van der Waals surface area contributed by atoms with Crippen LogP contribution in [0.25, 0.3) is 0 Å². The first kappa shape index (κ1) is 9.56. The number of para-hydroxylation sites is 1. The number of nitrogens with zero attached hydrogens (tertiary/aromatic N) is 1. The standard InChI is InChI=1S/C10H12N2O/c1-13-10-5-3-2-4-9(10)8(6-11)7-12/h2-5,8H,6,11H2,1H3. The lowest BCUT2D eigenvalue weighted by molar-refractivity contribution is 0.408. The lowest BCUT2D eigenvalue weighted by Crippen LogP contribution is -2.11. The molecule has 0 aliphatic rings. The fraction of sp³-hybridized carbons (Fsp3) is 0.300. The van der Waals surface area contributed by atoms with E-state index in [1.807, 2.05) is 24.3 Å². The van der Waals surface area contributed by atoms with Crippen LogP contribution in [0.5, 0.6) is 5.75 Å². The first-order chi connectivity index (χ1) is 6.33. The molecule has 1 aromatic rings. The Morgan fingerprint density at radius 1 is 1.54 bits per heavy atom. The van der Waals surface area contributed by atoms with Gasteiger partial charge in [-0.15, -0.1) is 0 Å². The summed E-state index contributed by atoms with van der Waals surface area (Å²) >= 11 is 0. The van der Waals surface area contributed by atoms with Gasteiger partial charge in [-0.1, -0.05) is 18.2 Å². The van der Waals surface area contributed by atoms with Crippen LogP contribution in [0.15, 0.2) is 24.3 Å². The molecule has 0 bridgehead atoms. The summed E-state index contributed by atoms with van der Waals surface area (Å²) in [4.78, 5) is 0. The molecule has 0 aliphatic heterocycles. The highest BCUT2D eigenvalue weighted by molar-refractivity contribution is 5.39. The van der Waals surface area contributed by atoms with E-state index in [2.05, 4.69) is 6.07 Å². The molecule has 0 aromatic heterocycles. The summed E-state index contributed by atoms with van der Waals surface area (Å²) in [5.41, 5.74) is 6.32. The van der Waals surface area contributed by atoms with Gasteiger partial charge in [-0.2, -0.15) is 5.26 Å². The maximum absolute atomic E-state index is 8.81. The molecule has 0 amide bonds. The van der Waals surface area contributed by atoms with Crippen LogP contribution in [0.3, 0.4) is 0 Å². The van der Waals surface area contributed by atoms with E-state index in [4.69, 9.17) is 15.7 Å². The summed E-state index contributed by atoms with van der Waals surface area (Å²) in [6, 6.07) is 9.57.